The smallest absolute Gasteiger partial charge is 0.340 e. The van der Waals surface area contributed by atoms with Crippen LogP contribution >= 0.6 is 11.3 Å². The summed E-state index contributed by atoms with van der Waals surface area (Å²) < 4.78 is 9.65. The van der Waals surface area contributed by atoms with Crippen LogP contribution in [0.2, 0.25) is 0 Å². The van der Waals surface area contributed by atoms with Gasteiger partial charge >= 0.3 is 5.97 Å². The Morgan fingerprint density at radius 3 is 2.60 bits per heavy atom. The van der Waals surface area contributed by atoms with Crippen LogP contribution in [0.25, 0.3) is 0 Å². The lowest BCUT2D eigenvalue weighted by Gasteiger charge is -2.03. The van der Waals surface area contributed by atoms with Gasteiger partial charge in [0.1, 0.15) is 10.8 Å². The van der Waals surface area contributed by atoms with E-state index in [4.69, 9.17) is 4.52 Å². The molecule has 0 saturated carbocycles. The molecule has 2 heterocycles. The lowest BCUT2D eigenvalue weighted by Crippen LogP contribution is -2.15. The summed E-state index contributed by atoms with van der Waals surface area (Å²) in [5, 5.41) is 6.83. The number of methoxy groups -OCH3 is 1. The van der Waals surface area contributed by atoms with E-state index >= 15 is 0 Å². The van der Waals surface area contributed by atoms with Crippen molar-refractivity contribution in [1.29, 1.82) is 0 Å². The number of rotatable bonds is 3. The average molecular weight is 294 g/mol. The number of hydrogen-bond acceptors (Lipinski definition) is 6. The molecule has 6 nitrogen and oxygen atoms in total. The second-order valence-corrected chi connectivity index (χ2v) is 5.51. The third-order valence-electron chi connectivity index (χ3n) is 2.86. The standard InChI is InChI=1S/C13H14N2O4S/c1-6-5-9(13(17)18-4)12(20-6)14-11(16)10-7(2)8(3)19-15-10/h5H,1-4H3,(H,14,16). The molecule has 2 aromatic rings. The fourth-order valence-corrected chi connectivity index (χ4v) is 2.56. The van der Waals surface area contributed by atoms with Crippen LogP contribution in [-0.2, 0) is 4.74 Å². The number of anilines is 1. The number of hydrogen-bond donors (Lipinski definition) is 1. The lowest BCUT2D eigenvalue weighted by atomic mass is 10.2. The topological polar surface area (TPSA) is 81.4 Å². The Morgan fingerprint density at radius 1 is 1.35 bits per heavy atom. The van der Waals surface area contributed by atoms with E-state index in [9.17, 15) is 9.59 Å². The summed E-state index contributed by atoms with van der Waals surface area (Å²) in [6, 6.07) is 1.67. The van der Waals surface area contributed by atoms with Gasteiger partial charge in [0.2, 0.25) is 0 Å². The van der Waals surface area contributed by atoms with E-state index in [1.807, 2.05) is 6.92 Å². The van der Waals surface area contributed by atoms with E-state index in [0.29, 0.717) is 21.9 Å². The van der Waals surface area contributed by atoms with Crippen LogP contribution in [0.5, 0.6) is 0 Å². The van der Waals surface area contributed by atoms with Crippen LogP contribution < -0.4 is 5.32 Å². The van der Waals surface area contributed by atoms with Crippen molar-refractivity contribution in [3.05, 3.63) is 33.5 Å². The maximum absolute atomic E-state index is 12.1. The number of carbonyl (C=O) groups excluding carboxylic acids is 2. The fourth-order valence-electron chi connectivity index (χ4n) is 1.66. The van der Waals surface area contributed by atoms with E-state index in [2.05, 4.69) is 15.2 Å². The normalized spacial score (nSPS) is 10.4. The molecule has 0 radical (unpaired) electrons. The minimum Gasteiger partial charge on any atom is -0.465 e. The Kier molecular flexibility index (Phi) is 3.89. The summed E-state index contributed by atoms with van der Waals surface area (Å²) in [4.78, 5) is 24.7. The van der Waals surface area contributed by atoms with E-state index in [1.165, 1.54) is 18.4 Å². The molecule has 0 atom stereocenters. The van der Waals surface area contributed by atoms with Gasteiger partial charge in [0.25, 0.3) is 5.91 Å². The molecule has 0 bridgehead atoms. The minimum absolute atomic E-state index is 0.212. The molecule has 106 valence electrons. The van der Waals surface area contributed by atoms with Gasteiger partial charge in [-0.2, -0.15) is 0 Å². The Morgan fingerprint density at radius 2 is 2.05 bits per heavy atom. The van der Waals surface area contributed by atoms with Crippen molar-refractivity contribution in [2.24, 2.45) is 0 Å². The molecule has 0 unspecified atom stereocenters. The molecule has 1 N–H and O–H groups in total. The Labute approximate surface area is 119 Å². The average Bonchev–Trinajstić information content (AvgIpc) is 2.93. The van der Waals surface area contributed by atoms with Gasteiger partial charge in [-0.05, 0) is 26.8 Å². The number of aryl methyl sites for hydroxylation is 2. The monoisotopic (exact) mass is 294 g/mol. The van der Waals surface area contributed by atoms with Crippen LogP contribution in [-0.4, -0.2) is 24.1 Å². The van der Waals surface area contributed by atoms with Crippen LogP contribution in [0.4, 0.5) is 5.00 Å². The molecule has 0 saturated heterocycles. The van der Waals surface area contributed by atoms with Crippen molar-refractivity contribution < 1.29 is 18.8 Å². The van der Waals surface area contributed by atoms with Crippen LogP contribution in [0, 0.1) is 20.8 Å². The second-order valence-electron chi connectivity index (χ2n) is 4.26. The van der Waals surface area contributed by atoms with Crippen molar-refractivity contribution in [1.82, 2.24) is 5.16 Å². The summed E-state index contributed by atoms with van der Waals surface area (Å²) in [5.74, 6) is -0.310. The van der Waals surface area contributed by atoms with E-state index in [1.54, 1.807) is 19.9 Å². The molecular formula is C13H14N2O4S. The first kappa shape index (κ1) is 14.3. The number of aromatic nitrogens is 1. The molecule has 2 rings (SSSR count). The van der Waals surface area contributed by atoms with Gasteiger partial charge in [-0.25, -0.2) is 4.79 Å². The third-order valence-corrected chi connectivity index (χ3v) is 3.83. The fraction of sp³-hybridized carbons (Fsp3) is 0.308. The van der Waals surface area contributed by atoms with Gasteiger partial charge in [-0.1, -0.05) is 5.16 Å². The third kappa shape index (κ3) is 2.57. The van der Waals surface area contributed by atoms with Gasteiger partial charge in [-0.15, -0.1) is 11.3 Å². The molecule has 2 aromatic heterocycles. The highest BCUT2D eigenvalue weighted by Gasteiger charge is 2.21. The number of nitrogens with one attached hydrogen (secondary N) is 1. The second kappa shape index (κ2) is 5.46. The molecule has 0 aliphatic rings. The van der Waals surface area contributed by atoms with E-state index in [-0.39, 0.29) is 5.69 Å². The molecule has 0 spiro atoms. The van der Waals surface area contributed by atoms with Gasteiger partial charge < -0.3 is 14.6 Å². The van der Waals surface area contributed by atoms with Crippen molar-refractivity contribution in [3.63, 3.8) is 0 Å². The van der Waals surface area contributed by atoms with Crippen molar-refractivity contribution in [2.75, 3.05) is 12.4 Å². The molecule has 20 heavy (non-hydrogen) atoms. The Balaban J connectivity index is 2.28. The number of nitrogens with zero attached hydrogens (tertiary/aromatic N) is 1. The first-order valence-corrected chi connectivity index (χ1v) is 6.68. The van der Waals surface area contributed by atoms with Gasteiger partial charge in [-0.3, -0.25) is 4.79 Å². The minimum atomic E-state index is -0.488. The number of ether oxygens (including phenoxy) is 1. The number of esters is 1. The highest BCUT2D eigenvalue weighted by Crippen LogP contribution is 2.28. The largest absolute Gasteiger partial charge is 0.465 e. The summed E-state index contributed by atoms with van der Waals surface area (Å²) in [5.41, 5.74) is 1.22. The Bertz CT molecular complexity index is 672. The first-order valence-electron chi connectivity index (χ1n) is 5.87. The summed E-state index contributed by atoms with van der Waals surface area (Å²) in [7, 11) is 1.30. The molecule has 7 heteroatoms. The SMILES string of the molecule is COC(=O)c1cc(C)sc1NC(=O)c1noc(C)c1C. The lowest BCUT2D eigenvalue weighted by molar-refractivity contribution is 0.0602. The number of amides is 1. The summed E-state index contributed by atoms with van der Waals surface area (Å²) in [6.07, 6.45) is 0. The maximum atomic E-state index is 12.1. The van der Waals surface area contributed by atoms with Gasteiger partial charge in [0, 0.05) is 10.4 Å². The highest BCUT2D eigenvalue weighted by molar-refractivity contribution is 7.16. The predicted molar refractivity (Wildman–Crippen MR) is 74.3 cm³/mol. The Hall–Kier alpha value is -2.15. The number of thiophene rings is 1. The molecule has 0 aliphatic heterocycles. The van der Waals surface area contributed by atoms with Gasteiger partial charge in [0.15, 0.2) is 5.69 Å². The molecule has 0 aliphatic carbocycles. The summed E-state index contributed by atoms with van der Waals surface area (Å²) >= 11 is 1.30. The van der Waals surface area contributed by atoms with Crippen LogP contribution in [0.3, 0.4) is 0 Å². The molecule has 1 amide bonds. The maximum Gasteiger partial charge on any atom is 0.340 e. The van der Waals surface area contributed by atoms with Crippen LogP contribution in [0.1, 0.15) is 37.0 Å². The van der Waals surface area contributed by atoms with Crippen LogP contribution in [0.15, 0.2) is 10.6 Å². The summed E-state index contributed by atoms with van der Waals surface area (Å²) in [6.45, 7) is 5.33. The zero-order valence-electron chi connectivity index (χ0n) is 11.6. The van der Waals surface area contributed by atoms with Crippen molar-refractivity contribution in [2.45, 2.75) is 20.8 Å². The molecule has 0 fully saturated rings. The molecular weight excluding hydrogens is 280 g/mol. The molecule has 0 aromatic carbocycles. The quantitative estimate of drug-likeness (QED) is 0.880. The van der Waals surface area contributed by atoms with Crippen molar-refractivity contribution >= 4 is 28.2 Å². The highest BCUT2D eigenvalue weighted by atomic mass is 32.1. The first-order chi connectivity index (χ1) is 9.43. The number of carbonyl (C=O) groups is 2. The van der Waals surface area contributed by atoms with Crippen molar-refractivity contribution in [3.8, 4) is 0 Å². The van der Waals surface area contributed by atoms with E-state index < -0.39 is 11.9 Å². The van der Waals surface area contributed by atoms with E-state index in [0.717, 1.165) is 4.88 Å². The van der Waals surface area contributed by atoms with Gasteiger partial charge in [0.05, 0.1) is 12.7 Å². The predicted octanol–water partition coefficient (Wildman–Crippen LogP) is 2.70. The zero-order chi connectivity index (χ0) is 14.9. The zero-order valence-corrected chi connectivity index (χ0v) is 12.4.